The monoisotopic (exact) mass is 196 g/mol. The Morgan fingerprint density at radius 3 is 2.71 bits per heavy atom. The summed E-state index contributed by atoms with van der Waals surface area (Å²) in [5, 5.41) is 10.3. The minimum Gasteiger partial charge on any atom is -0.390 e. The summed E-state index contributed by atoms with van der Waals surface area (Å²) in [5.74, 6) is 0.448. The Kier molecular flexibility index (Phi) is 3.41. The molecule has 0 aromatic heterocycles. The molecule has 2 unspecified atom stereocenters. The van der Waals surface area contributed by atoms with E-state index >= 15 is 0 Å². The van der Waals surface area contributed by atoms with Gasteiger partial charge in [-0.25, -0.2) is 0 Å². The molecular formula is C13H24O. The van der Waals surface area contributed by atoms with Gasteiger partial charge in [0.2, 0.25) is 0 Å². The van der Waals surface area contributed by atoms with Crippen LogP contribution in [0.1, 0.15) is 52.9 Å². The van der Waals surface area contributed by atoms with E-state index in [1.165, 1.54) is 19.3 Å². The molecule has 0 spiro atoms. The summed E-state index contributed by atoms with van der Waals surface area (Å²) in [6.07, 6.45) is 7.42. The second-order valence-electron chi connectivity index (χ2n) is 5.81. The van der Waals surface area contributed by atoms with Gasteiger partial charge in [0.25, 0.3) is 0 Å². The summed E-state index contributed by atoms with van der Waals surface area (Å²) in [6, 6.07) is 0. The molecule has 0 saturated heterocycles. The lowest BCUT2D eigenvalue weighted by Crippen LogP contribution is -2.39. The third-order valence-corrected chi connectivity index (χ3v) is 3.64. The molecule has 1 nitrogen and oxygen atoms in total. The van der Waals surface area contributed by atoms with E-state index in [1.807, 2.05) is 13.0 Å². The molecule has 0 radical (unpaired) electrons. The molecule has 0 aliphatic heterocycles. The van der Waals surface area contributed by atoms with E-state index in [1.54, 1.807) is 0 Å². The molecule has 82 valence electrons. The van der Waals surface area contributed by atoms with Gasteiger partial charge in [-0.05, 0) is 43.9 Å². The first-order valence-electron chi connectivity index (χ1n) is 5.71. The summed E-state index contributed by atoms with van der Waals surface area (Å²) in [6.45, 7) is 10.3. The SMILES string of the molecule is C=CCC(C)(O)C1CCCC(C)(C)C1. The maximum atomic E-state index is 10.3. The molecular weight excluding hydrogens is 172 g/mol. The van der Waals surface area contributed by atoms with Gasteiger partial charge in [0.1, 0.15) is 0 Å². The number of hydrogen-bond donors (Lipinski definition) is 1. The van der Waals surface area contributed by atoms with Crippen LogP contribution in [0.2, 0.25) is 0 Å². The van der Waals surface area contributed by atoms with Crippen molar-refractivity contribution in [3.63, 3.8) is 0 Å². The molecule has 0 heterocycles. The average Bonchev–Trinajstić information content (AvgIpc) is 2.02. The molecule has 1 fully saturated rings. The van der Waals surface area contributed by atoms with E-state index in [0.717, 1.165) is 6.42 Å². The van der Waals surface area contributed by atoms with Crippen molar-refractivity contribution in [2.75, 3.05) is 0 Å². The van der Waals surface area contributed by atoms with Crippen molar-refractivity contribution >= 4 is 0 Å². The molecule has 1 N–H and O–H groups in total. The molecule has 1 rings (SSSR count). The molecule has 0 amide bonds. The molecule has 0 bridgehead atoms. The smallest absolute Gasteiger partial charge is 0.0682 e. The van der Waals surface area contributed by atoms with Crippen LogP contribution in [0.4, 0.5) is 0 Å². The van der Waals surface area contributed by atoms with Crippen LogP contribution in [-0.4, -0.2) is 10.7 Å². The maximum Gasteiger partial charge on any atom is 0.0682 e. The summed E-state index contributed by atoms with van der Waals surface area (Å²) in [7, 11) is 0. The molecule has 14 heavy (non-hydrogen) atoms. The van der Waals surface area contributed by atoms with Crippen LogP contribution in [0.25, 0.3) is 0 Å². The fourth-order valence-corrected chi connectivity index (χ4v) is 2.69. The largest absolute Gasteiger partial charge is 0.390 e. The summed E-state index contributed by atoms with van der Waals surface area (Å²) in [5.41, 5.74) is -0.131. The normalized spacial score (nSPS) is 30.7. The maximum absolute atomic E-state index is 10.3. The fourth-order valence-electron chi connectivity index (χ4n) is 2.69. The number of aliphatic hydroxyl groups is 1. The van der Waals surface area contributed by atoms with Gasteiger partial charge in [-0.1, -0.05) is 26.3 Å². The van der Waals surface area contributed by atoms with Crippen molar-refractivity contribution in [3.8, 4) is 0 Å². The predicted octanol–water partition coefficient (Wildman–Crippen LogP) is 3.53. The van der Waals surface area contributed by atoms with E-state index in [9.17, 15) is 5.11 Å². The second-order valence-corrected chi connectivity index (χ2v) is 5.81. The summed E-state index contributed by atoms with van der Waals surface area (Å²) >= 11 is 0. The minimum atomic E-state index is -0.542. The van der Waals surface area contributed by atoms with Gasteiger partial charge in [0.05, 0.1) is 5.60 Å². The number of rotatable bonds is 3. The lowest BCUT2D eigenvalue weighted by molar-refractivity contribution is -0.0354. The third-order valence-electron chi connectivity index (χ3n) is 3.64. The zero-order valence-corrected chi connectivity index (χ0v) is 9.84. The van der Waals surface area contributed by atoms with Crippen molar-refractivity contribution in [2.45, 2.75) is 58.5 Å². The summed E-state index contributed by atoms with van der Waals surface area (Å²) in [4.78, 5) is 0. The molecule has 1 heteroatoms. The van der Waals surface area contributed by atoms with Gasteiger partial charge in [0, 0.05) is 0 Å². The predicted molar refractivity (Wildman–Crippen MR) is 61.2 cm³/mol. The van der Waals surface area contributed by atoms with Crippen LogP contribution in [0.3, 0.4) is 0 Å². The highest BCUT2D eigenvalue weighted by Gasteiger charge is 2.37. The van der Waals surface area contributed by atoms with Crippen molar-refractivity contribution in [3.05, 3.63) is 12.7 Å². The van der Waals surface area contributed by atoms with E-state index in [4.69, 9.17) is 0 Å². The van der Waals surface area contributed by atoms with Crippen LogP contribution in [0.15, 0.2) is 12.7 Å². The zero-order chi connectivity index (χ0) is 10.8. The highest BCUT2D eigenvalue weighted by molar-refractivity contribution is 4.93. The van der Waals surface area contributed by atoms with E-state index in [-0.39, 0.29) is 0 Å². The number of hydrogen-bond acceptors (Lipinski definition) is 1. The third kappa shape index (κ3) is 2.84. The average molecular weight is 196 g/mol. The first kappa shape index (κ1) is 11.8. The minimum absolute atomic E-state index is 0.411. The topological polar surface area (TPSA) is 20.2 Å². The van der Waals surface area contributed by atoms with Gasteiger partial charge in [-0.15, -0.1) is 6.58 Å². The van der Waals surface area contributed by atoms with Gasteiger partial charge in [-0.3, -0.25) is 0 Å². The quantitative estimate of drug-likeness (QED) is 0.685. The lowest BCUT2D eigenvalue weighted by atomic mass is 9.66. The van der Waals surface area contributed by atoms with E-state index in [0.29, 0.717) is 17.8 Å². The van der Waals surface area contributed by atoms with Crippen LogP contribution in [-0.2, 0) is 0 Å². The fraction of sp³-hybridized carbons (Fsp3) is 0.846. The van der Waals surface area contributed by atoms with Crippen LogP contribution in [0.5, 0.6) is 0 Å². The molecule has 1 aliphatic rings. The van der Waals surface area contributed by atoms with Crippen molar-refractivity contribution < 1.29 is 5.11 Å². The highest BCUT2D eigenvalue weighted by atomic mass is 16.3. The van der Waals surface area contributed by atoms with Crippen molar-refractivity contribution in [1.82, 2.24) is 0 Å². The van der Waals surface area contributed by atoms with Crippen molar-refractivity contribution in [2.24, 2.45) is 11.3 Å². The van der Waals surface area contributed by atoms with Crippen LogP contribution < -0.4 is 0 Å². The standard InChI is InChI=1S/C13H24O/c1-5-8-13(4,14)11-7-6-9-12(2,3)10-11/h5,11,14H,1,6-10H2,2-4H3. The van der Waals surface area contributed by atoms with E-state index < -0.39 is 5.60 Å². The van der Waals surface area contributed by atoms with Gasteiger partial charge in [0.15, 0.2) is 0 Å². The first-order valence-corrected chi connectivity index (χ1v) is 5.71. The Labute approximate surface area is 88.2 Å². The Bertz CT molecular complexity index is 203. The molecule has 2 atom stereocenters. The Morgan fingerprint density at radius 1 is 1.57 bits per heavy atom. The van der Waals surface area contributed by atoms with Gasteiger partial charge < -0.3 is 5.11 Å². The molecule has 1 aliphatic carbocycles. The van der Waals surface area contributed by atoms with Crippen LogP contribution >= 0.6 is 0 Å². The zero-order valence-electron chi connectivity index (χ0n) is 9.84. The molecule has 0 aromatic carbocycles. The van der Waals surface area contributed by atoms with Crippen molar-refractivity contribution in [1.29, 1.82) is 0 Å². The Balaban J connectivity index is 2.63. The van der Waals surface area contributed by atoms with Gasteiger partial charge in [-0.2, -0.15) is 0 Å². The summed E-state index contributed by atoms with van der Waals surface area (Å²) < 4.78 is 0. The molecule has 0 aromatic rings. The first-order chi connectivity index (χ1) is 6.37. The highest BCUT2D eigenvalue weighted by Crippen LogP contribution is 2.43. The molecule has 1 saturated carbocycles. The van der Waals surface area contributed by atoms with E-state index in [2.05, 4.69) is 20.4 Å². The Morgan fingerprint density at radius 2 is 2.21 bits per heavy atom. The lowest BCUT2D eigenvalue weighted by Gasteiger charge is -2.42. The Hall–Kier alpha value is -0.300. The second kappa shape index (κ2) is 4.06. The van der Waals surface area contributed by atoms with Gasteiger partial charge >= 0.3 is 0 Å². The van der Waals surface area contributed by atoms with Crippen LogP contribution in [0, 0.1) is 11.3 Å².